The molecule has 196 valence electrons. The van der Waals surface area contributed by atoms with Gasteiger partial charge in [0.2, 0.25) is 5.91 Å². The number of methoxy groups -OCH3 is 1. The number of hydrogen-bond acceptors (Lipinski definition) is 7. The lowest BCUT2D eigenvalue weighted by atomic mass is 10.0. The minimum absolute atomic E-state index is 0.192. The Hall–Kier alpha value is -3.48. The van der Waals surface area contributed by atoms with Crippen LogP contribution in [0.25, 0.3) is 0 Å². The van der Waals surface area contributed by atoms with E-state index >= 15 is 0 Å². The smallest absolute Gasteiger partial charge is 0.407 e. The highest BCUT2D eigenvalue weighted by molar-refractivity contribution is 7.87. The van der Waals surface area contributed by atoms with E-state index in [4.69, 9.17) is 14.3 Å². The van der Waals surface area contributed by atoms with E-state index in [0.29, 0.717) is 22.9 Å². The van der Waals surface area contributed by atoms with Gasteiger partial charge in [-0.1, -0.05) is 42.5 Å². The van der Waals surface area contributed by atoms with Crippen LogP contribution in [0.3, 0.4) is 0 Å². The first-order valence-electron chi connectivity index (χ1n) is 11.7. The highest BCUT2D eigenvalue weighted by Gasteiger charge is 2.30. The molecule has 1 fully saturated rings. The number of nitrogens with zero attached hydrogens (tertiary/aromatic N) is 1. The molecule has 1 aliphatic carbocycles. The van der Waals surface area contributed by atoms with Crippen LogP contribution in [0, 0.1) is 0 Å². The average molecular weight is 545 g/mol. The Balaban J connectivity index is 1.58. The van der Waals surface area contributed by atoms with E-state index < -0.39 is 34.4 Å². The fourth-order valence-electron chi connectivity index (χ4n) is 3.91. The lowest BCUT2D eigenvalue weighted by Gasteiger charge is -2.22. The lowest BCUT2D eigenvalue weighted by molar-refractivity contribution is -0.123. The van der Waals surface area contributed by atoms with Crippen LogP contribution in [0.4, 0.5) is 10.5 Å². The molecule has 4 rings (SSSR count). The number of alkyl carbamates (subject to hydrolysis) is 1. The Morgan fingerprint density at radius 2 is 1.81 bits per heavy atom. The molecule has 1 saturated carbocycles. The molecule has 37 heavy (non-hydrogen) atoms. The van der Waals surface area contributed by atoms with Gasteiger partial charge in [0.1, 0.15) is 11.0 Å². The molecule has 0 aliphatic heterocycles. The van der Waals surface area contributed by atoms with Crippen molar-refractivity contribution in [2.45, 2.75) is 43.7 Å². The molecule has 2 unspecified atom stereocenters. The van der Waals surface area contributed by atoms with Gasteiger partial charge in [-0.3, -0.25) is 14.1 Å². The third-order valence-corrected chi connectivity index (χ3v) is 7.31. The lowest BCUT2D eigenvalue weighted by Crippen LogP contribution is -2.49. The first-order valence-corrected chi connectivity index (χ1v) is 14.0. The van der Waals surface area contributed by atoms with Crippen LogP contribution in [0.15, 0.2) is 60.0 Å². The molecular formula is C25H28N4O6S2. The summed E-state index contributed by atoms with van der Waals surface area (Å²) in [5.74, 6) is 0.0325. The molecule has 4 N–H and O–H groups in total. The normalized spacial score (nSPS) is 14.9. The zero-order valence-corrected chi connectivity index (χ0v) is 21.7. The summed E-state index contributed by atoms with van der Waals surface area (Å²) >= 11 is 1.45. The Bertz CT molecular complexity index is 1340. The molecule has 12 heteroatoms. The fourth-order valence-corrected chi connectivity index (χ4v) is 5.28. The number of nitrogens with one attached hydrogen (secondary N) is 3. The predicted octanol–water partition coefficient (Wildman–Crippen LogP) is 3.60. The molecule has 0 radical (unpaired) electrons. The molecule has 0 bridgehead atoms. The van der Waals surface area contributed by atoms with Gasteiger partial charge in [0.15, 0.2) is 0 Å². The van der Waals surface area contributed by atoms with E-state index in [1.54, 1.807) is 18.2 Å². The average Bonchev–Trinajstić information content (AvgIpc) is 3.59. The van der Waals surface area contributed by atoms with Crippen molar-refractivity contribution in [3.63, 3.8) is 0 Å². The number of carbonyl (C=O) groups excluding carboxylic acids is 2. The third-order valence-electron chi connectivity index (χ3n) is 5.84. The maximum absolute atomic E-state index is 13.5. The van der Waals surface area contributed by atoms with E-state index in [-0.39, 0.29) is 12.1 Å². The number of rotatable bonds is 11. The summed E-state index contributed by atoms with van der Waals surface area (Å²) in [6, 6.07) is 14.4. The number of anilines is 1. The molecule has 0 spiro atoms. The summed E-state index contributed by atoms with van der Waals surface area (Å²) in [4.78, 5) is 30.2. The zero-order chi connectivity index (χ0) is 26.4. The minimum Gasteiger partial charge on any atom is -0.453 e. The summed E-state index contributed by atoms with van der Waals surface area (Å²) in [6.45, 7) is 0. The first kappa shape index (κ1) is 26.6. The predicted molar refractivity (Wildman–Crippen MR) is 140 cm³/mol. The summed E-state index contributed by atoms with van der Waals surface area (Å²) < 4.78 is 38.4. The van der Waals surface area contributed by atoms with E-state index in [0.717, 1.165) is 24.1 Å². The number of amides is 2. The van der Waals surface area contributed by atoms with Crippen LogP contribution in [0.5, 0.6) is 0 Å². The van der Waals surface area contributed by atoms with Gasteiger partial charge in [0, 0.05) is 17.7 Å². The number of carbonyl (C=O) groups is 2. The van der Waals surface area contributed by atoms with Crippen LogP contribution in [0.1, 0.15) is 46.6 Å². The van der Waals surface area contributed by atoms with E-state index in [2.05, 4.69) is 10.6 Å². The van der Waals surface area contributed by atoms with Gasteiger partial charge in [0.05, 0.1) is 24.5 Å². The van der Waals surface area contributed by atoms with Crippen LogP contribution < -0.4 is 15.4 Å². The van der Waals surface area contributed by atoms with Crippen molar-refractivity contribution in [2.24, 2.45) is 0 Å². The second-order valence-corrected chi connectivity index (χ2v) is 10.8. The summed E-state index contributed by atoms with van der Waals surface area (Å²) in [5, 5.41) is 8.34. The summed E-state index contributed by atoms with van der Waals surface area (Å²) in [7, 11) is -3.20. The van der Waals surface area contributed by atoms with Crippen molar-refractivity contribution in [1.82, 2.24) is 15.6 Å². The monoisotopic (exact) mass is 544 g/mol. The SMILES string of the molecule is COC(=O)NC(Cc1ccccc1)C(=O)NC(Cc1cccc(NS(=O)(=O)O)c1)c1nc(C2CC2)cs1. The molecule has 2 atom stereocenters. The second kappa shape index (κ2) is 11.7. The molecule has 1 aromatic heterocycles. The van der Waals surface area contributed by atoms with Crippen molar-refractivity contribution < 1.29 is 27.3 Å². The first-order chi connectivity index (χ1) is 17.7. The Morgan fingerprint density at radius 3 is 2.49 bits per heavy atom. The standard InChI is InChI=1S/C25H28N4O6S2/c1-35-25(31)28-20(13-16-6-3-2-4-7-16)23(30)26-21(24-27-22(15-36-24)18-10-11-18)14-17-8-5-9-19(12-17)29-37(32,33)34/h2-9,12,15,18,20-21,29H,10-11,13-14H2,1H3,(H,26,30)(H,28,31)(H,32,33,34). The van der Waals surface area contributed by atoms with Gasteiger partial charge < -0.3 is 15.4 Å². The number of thiazole rings is 1. The van der Waals surface area contributed by atoms with Crippen LogP contribution in [0.2, 0.25) is 0 Å². The quantitative estimate of drug-likeness (QED) is 0.270. The van der Waals surface area contributed by atoms with Crippen LogP contribution in [-0.2, 0) is 32.7 Å². The number of aromatic nitrogens is 1. The van der Waals surface area contributed by atoms with Gasteiger partial charge in [-0.15, -0.1) is 11.3 Å². The molecule has 10 nitrogen and oxygen atoms in total. The highest BCUT2D eigenvalue weighted by Crippen LogP contribution is 2.41. The summed E-state index contributed by atoms with van der Waals surface area (Å²) in [5.41, 5.74) is 2.76. The van der Waals surface area contributed by atoms with Gasteiger partial charge in [-0.05, 0) is 42.5 Å². The molecule has 1 heterocycles. The zero-order valence-electron chi connectivity index (χ0n) is 20.1. The summed E-state index contributed by atoms with van der Waals surface area (Å²) in [6.07, 6.45) is 2.02. The van der Waals surface area contributed by atoms with Crippen LogP contribution in [-0.4, -0.2) is 43.1 Å². The topological polar surface area (TPSA) is 147 Å². The number of ether oxygens (including phenoxy) is 1. The van der Waals surface area contributed by atoms with Crippen molar-refractivity contribution in [1.29, 1.82) is 0 Å². The number of benzene rings is 2. The second-order valence-electron chi connectivity index (χ2n) is 8.81. The highest BCUT2D eigenvalue weighted by atomic mass is 32.2. The van der Waals surface area contributed by atoms with E-state index in [1.807, 2.05) is 40.4 Å². The Kier molecular flexibility index (Phi) is 8.41. The van der Waals surface area contributed by atoms with Gasteiger partial charge in [-0.2, -0.15) is 8.42 Å². The molecule has 1 aliphatic rings. The Morgan fingerprint density at radius 1 is 1.08 bits per heavy atom. The van der Waals surface area contributed by atoms with Crippen molar-refractivity contribution >= 4 is 39.3 Å². The fraction of sp³-hybridized carbons (Fsp3) is 0.320. The molecule has 2 aromatic carbocycles. The number of hydrogen-bond donors (Lipinski definition) is 4. The largest absolute Gasteiger partial charge is 0.453 e. The van der Waals surface area contributed by atoms with Gasteiger partial charge in [0.25, 0.3) is 0 Å². The van der Waals surface area contributed by atoms with Crippen molar-refractivity contribution in [3.05, 3.63) is 81.8 Å². The third kappa shape index (κ3) is 8.00. The van der Waals surface area contributed by atoms with Crippen LogP contribution >= 0.6 is 11.3 Å². The van der Waals surface area contributed by atoms with E-state index in [1.165, 1.54) is 24.5 Å². The van der Waals surface area contributed by atoms with Gasteiger partial charge in [-0.25, -0.2) is 9.78 Å². The molecule has 0 saturated heterocycles. The maximum atomic E-state index is 13.5. The van der Waals surface area contributed by atoms with E-state index in [9.17, 15) is 18.0 Å². The van der Waals surface area contributed by atoms with Crippen molar-refractivity contribution in [2.75, 3.05) is 11.8 Å². The van der Waals surface area contributed by atoms with Crippen molar-refractivity contribution in [3.8, 4) is 0 Å². The molecule has 2 amide bonds. The maximum Gasteiger partial charge on any atom is 0.407 e. The minimum atomic E-state index is -4.43. The molecular weight excluding hydrogens is 516 g/mol. The van der Waals surface area contributed by atoms with Gasteiger partial charge >= 0.3 is 16.4 Å². The molecule has 3 aromatic rings. The Labute approximate surface area is 219 Å².